The predicted octanol–water partition coefficient (Wildman–Crippen LogP) is 4.45. The summed E-state index contributed by atoms with van der Waals surface area (Å²) in [6.45, 7) is 7.30. The van der Waals surface area contributed by atoms with Gasteiger partial charge in [0.2, 0.25) is 0 Å². The van der Waals surface area contributed by atoms with Gasteiger partial charge in [0.1, 0.15) is 17.1 Å². The maximum absolute atomic E-state index is 14.0. The van der Waals surface area contributed by atoms with E-state index in [1.54, 1.807) is 20.8 Å². The Labute approximate surface area is 173 Å². The predicted molar refractivity (Wildman–Crippen MR) is 112 cm³/mol. The highest BCUT2D eigenvalue weighted by Crippen LogP contribution is 2.21. The minimum absolute atomic E-state index is 0.0992. The van der Waals surface area contributed by atoms with Crippen molar-refractivity contribution in [3.63, 3.8) is 0 Å². The van der Waals surface area contributed by atoms with E-state index in [0.29, 0.717) is 11.4 Å². The van der Waals surface area contributed by atoms with Gasteiger partial charge in [-0.3, -0.25) is 5.32 Å². The zero-order valence-electron chi connectivity index (χ0n) is 17.2. The van der Waals surface area contributed by atoms with Crippen LogP contribution in [0, 0.1) is 12.7 Å². The average Bonchev–Trinajstić information content (AvgIpc) is 3.06. The van der Waals surface area contributed by atoms with E-state index in [-0.39, 0.29) is 12.2 Å². The topological polar surface area (TPSA) is 96.8 Å². The van der Waals surface area contributed by atoms with E-state index in [2.05, 4.69) is 20.9 Å². The second-order valence-corrected chi connectivity index (χ2v) is 7.76. The van der Waals surface area contributed by atoms with E-state index < -0.39 is 23.5 Å². The van der Waals surface area contributed by atoms with Crippen LogP contribution in [0.3, 0.4) is 0 Å². The molecule has 0 fully saturated rings. The number of amides is 3. The van der Waals surface area contributed by atoms with Crippen molar-refractivity contribution in [2.24, 2.45) is 0 Å². The molecule has 158 valence electrons. The van der Waals surface area contributed by atoms with Gasteiger partial charge in [0.15, 0.2) is 0 Å². The summed E-state index contributed by atoms with van der Waals surface area (Å²) in [5.74, 6) is -0.646. The molecule has 0 radical (unpaired) electrons. The van der Waals surface area contributed by atoms with Crippen LogP contribution in [0.25, 0.3) is 5.65 Å². The molecule has 0 bridgehead atoms. The highest BCUT2D eigenvalue weighted by Gasteiger charge is 2.18. The summed E-state index contributed by atoms with van der Waals surface area (Å²) in [7, 11) is 0. The number of carbonyl (C=O) groups excluding carboxylic acids is 2. The number of pyridine rings is 1. The number of carbonyl (C=O) groups is 2. The van der Waals surface area contributed by atoms with Crippen LogP contribution in [0.15, 0.2) is 42.6 Å². The maximum Gasteiger partial charge on any atom is 0.412 e. The minimum Gasteiger partial charge on any atom is -0.444 e. The Morgan fingerprint density at radius 3 is 2.63 bits per heavy atom. The fraction of sp³-hybridized carbons (Fsp3) is 0.286. The molecule has 2 aromatic heterocycles. The standard InChI is InChI=1S/C21H24FN5O3/c1-13-6-5-7-18-24-15(12-27(13)18)11-23-19(28)25-14-8-9-16(22)17(10-14)26-20(29)30-21(2,3)4/h5-10,12H,11H2,1-4H3,(H,26,29)(H2,23,25,28). The molecule has 0 saturated carbocycles. The Balaban J connectivity index is 1.60. The molecular formula is C21H24FN5O3. The molecule has 0 aliphatic heterocycles. The van der Waals surface area contributed by atoms with Crippen molar-refractivity contribution < 1.29 is 18.7 Å². The second kappa shape index (κ2) is 8.40. The summed E-state index contributed by atoms with van der Waals surface area (Å²) < 4.78 is 21.0. The summed E-state index contributed by atoms with van der Waals surface area (Å²) in [6.07, 6.45) is 1.07. The van der Waals surface area contributed by atoms with Crippen LogP contribution in [-0.4, -0.2) is 27.1 Å². The molecule has 0 aliphatic carbocycles. The lowest BCUT2D eigenvalue weighted by Crippen LogP contribution is -2.29. The SMILES string of the molecule is Cc1cccc2nc(CNC(=O)Nc3ccc(F)c(NC(=O)OC(C)(C)C)c3)cn12. The van der Waals surface area contributed by atoms with Crippen molar-refractivity contribution in [1.29, 1.82) is 0 Å². The number of halogens is 1. The van der Waals surface area contributed by atoms with Crippen molar-refractivity contribution in [3.8, 4) is 0 Å². The largest absolute Gasteiger partial charge is 0.444 e. The van der Waals surface area contributed by atoms with E-state index >= 15 is 0 Å². The van der Waals surface area contributed by atoms with Gasteiger partial charge in [-0.25, -0.2) is 19.0 Å². The maximum atomic E-state index is 14.0. The molecule has 3 aromatic rings. The van der Waals surface area contributed by atoms with Crippen molar-refractivity contribution in [2.75, 3.05) is 10.6 Å². The molecular weight excluding hydrogens is 389 g/mol. The number of hydrogen-bond acceptors (Lipinski definition) is 4. The van der Waals surface area contributed by atoms with Crippen LogP contribution in [0.1, 0.15) is 32.2 Å². The number of hydrogen-bond donors (Lipinski definition) is 3. The first-order valence-corrected chi connectivity index (χ1v) is 9.39. The lowest BCUT2D eigenvalue weighted by Gasteiger charge is -2.20. The summed E-state index contributed by atoms with van der Waals surface area (Å²) in [6, 6.07) is 9.13. The number of nitrogens with zero attached hydrogens (tertiary/aromatic N) is 2. The van der Waals surface area contributed by atoms with Crippen molar-refractivity contribution in [2.45, 2.75) is 39.8 Å². The zero-order chi connectivity index (χ0) is 21.9. The molecule has 0 aliphatic rings. The number of benzene rings is 1. The summed E-state index contributed by atoms with van der Waals surface area (Å²) in [4.78, 5) is 28.5. The highest BCUT2D eigenvalue weighted by atomic mass is 19.1. The molecule has 1 aromatic carbocycles. The van der Waals surface area contributed by atoms with Crippen LogP contribution in [0.5, 0.6) is 0 Å². The van der Waals surface area contributed by atoms with Gasteiger partial charge in [-0.1, -0.05) is 6.07 Å². The molecule has 3 N–H and O–H groups in total. The smallest absolute Gasteiger partial charge is 0.412 e. The molecule has 2 heterocycles. The molecule has 0 unspecified atom stereocenters. The van der Waals surface area contributed by atoms with Crippen molar-refractivity contribution >= 4 is 29.1 Å². The molecule has 8 nitrogen and oxygen atoms in total. The van der Waals surface area contributed by atoms with Gasteiger partial charge in [0.25, 0.3) is 0 Å². The molecule has 9 heteroatoms. The molecule has 0 saturated heterocycles. The molecule has 3 rings (SSSR count). The number of aryl methyl sites for hydroxylation is 1. The van der Waals surface area contributed by atoms with Gasteiger partial charge in [-0.2, -0.15) is 0 Å². The Morgan fingerprint density at radius 2 is 1.93 bits per heavy atom. The molecule has 0 spiro atoms. The summed E-state index contributed by atoms with van der Waals surface area (Å²) >= 11 is 0. The van der Waals surface area contributed by atoms with E-state index in [4.69, 9.17) is 4.74 Å². The Morgan fingerprint density at radius 1 is 1.17 bits per heavy atom. The normalized spacial score (nSPS) is 11.2. The van der Waals surface area contributed by atoms with E-state index in [9.17, 15) is 14.0 Å². The van der Waals surface area contributed by atoms with E-state index in [1.807, 2.05) is 35.7 Å². The molecule has 30 heavy (non-hydrogen) atoms. The summed E-state index contributed by atoms with van der Waals surface area (Å²) in [5.41, 5.74) is 2.03. The van der Waals surface area contributed by atoms with Gasteiger partial charge >= 0.3 is 12.1 Å². The van der Waals surface area contributed by atoms with Crippen LogP contribution in [0.2, 0.25) is 0 Å². The van der Waals surface area contributed by atoms with Crippen molar-refractivity contribution in [3.05, 3.63) is 59.8 Å². The lowest BCUT2D eigenvalue weighted by molar-refractivity contribution is 0.0635. The van der Waals surface area contributed by atoms with Gasteiger partial charge in [-0.15, -0.1) is 0 Å². The monoisotopic (exact) mass is 413 g/mol. The van der Waals surface area contributed by atoms with Gasteiger partial charge in [0.05, 0.1) is 17.9 Å². The fourth-order valence-electron chi connectivity index (χ4n) is 2.74. The minimum atomic E-state index is -0.787. The van der Waals surface area contributed by atoms with Crippen LogP contribution in [0.4, 0.5) is 25.4 Å². The third-order valence-corrected chi connectivity index (χ3v) is 4.04. The Bertz CT molecular complexity index is 1090. The molecule has 0 atom stereocenters. The number of fused-ring (bicyclic) bond motifs is 1. The number of nitrogens with one attached hydrogen (secondary N) is 3. The number of anilines is 2. The first-order chi connectivity index (χ1) is 14.1. The fourth-order valence-corrected chi connectivity index (χ4v) is 2.74. The van der Waals surface area contributed by atoms with Crippen LogP contribution in [-0.2, 0) is 11.3 Å². The van der Waals surface area contributed by atoms with Crippen molar-refractivity contribution in [1.82, 2.24) is 14.7 Å². The first-order valence-electron chi connectivity index (χ1n) is 9.39. The summed E-state index contributed by atoms with van der Waals surface area (Å²) in [5, 5.41) is 7.64. The molecule has 3 amide bonds. The number of urea groups is 1. The first kappa shape index (κ1) is 21.1. The number of imidazole rings is 1. The van der Waals surface area contributed by atoms with E-state index in [1.165, 1.54) is 12.1 Å². The van der Waals surface area contributed by atoms with Gasteiger partial charge < -0.3 is 19.8 Å². The Kier molecular flexibility index (Phi) is 5.91. The number of ether oxygens (including phenoxy) is 1. The second-order valence-electron chi connectivity index (χ2n) is 7.76. The third kappa shape index (κ3) is 5.47. The number of rotatable bonds is 4. The van der Waals surface area contributed by atoms with Crippen LogP contribution < -0.4 is 16.0 Å². The van der Waals surface area contributed by atoms with E-state index in [0.717, 1.165) is 17.4 Å². The lowest BCUT2D eigenvalue weighted by atomic mass is 10.2. The Hall–Kier alpha value is -3.62. The third-order valence-electron chi connectivity index (χ3n) is 4.04. The highest BCUT2D eigenvalue weighted by molar-refractivity contribution is 5.91. The van der Waals surface area contributed by atoms with Gasteiger partial charge in [-0.05, 0) is 58.0 Å². The van der Waals surface area contributed by atoms with Gasteiger partial charge in [0, 0.05) is 17.6 Å². The number of aromatic nitrogens is 2. The average molecular weight is 413 g/mol. The quantitative estimate of drug-likeness (QED) is 0.589. The zero-order valence-corrected chi connectivity index (χ0v) is 17.2. The van der Waals surface area contributed by atoms with Crippen LogP contribution >= 0.6 is 0 Å².